The van der Waals surface area contributed by atoms with Crippen LogP contribution in [0.5, 0.6) is 11.5 Å². The second-order valence-corrected chi connectivity index (χ2v) is 11.3. The van der Waals surface area contributed by atoms with Gasteiger partial charge in [0.1, 0.15) is 4.90 Å². The van der Waals surface area contributed by atoms with Crippen LogP contribution in [-0.2, 0) is 36.0 Å². The van der Waals surface area contributed by atoms with Crippen molar-refractivity contribution in [3.05, 3.63) is 87.4 Å². The van der Waals surface area contributed by atoms with Crippen LogP contribution < -0.4 is 9.47 Å². The fourth-order valence-electron chi connectivity index (χ4n) is 4.89. The fourth-order valence-corrected chi connectivity index (χ4v) is 6.81. The lowest BCUT2D eigenvalue weighted by Crippen LogP contribution is -2.37. The molecular weight excluding hydrogens is 500 g/mol. The van der Waals surface area contributed by atoms with Crippen LogP contribution in [0.1, 0.15) is 32.6 Å². The van der Waals surface area contributed by atoms with Crippen molar-refractivity contribution in [2.75, 3.05) is 27.3 Å². The predicted molar refractivity (Wildman–Crippen MR) is 137 cm³/mol. The second kappa shape index (κ2) is 9.76. The number of hydrogen-bond donors (Lipinski definition) is 0. The molecular formula is C27H27ClN2O5S. The molecule has 0 radical (unpaired) electrons. The molecule has 0 unspecified atom stereocenters. The minimum atomic E-state index is -3.89. The van der Waals surface area contributed by atoms with Crippen molar-refractivity contribution < 1.29 is 22.7 Å². The number of nitrogens with zero attached hydrogens (tertiary/aromatic N) is 2. The zero-order valence-electron chi connectivity index (χ0n) is 20.2. The third-order valence-corrected chi connectivity index (χ3v) is 9.22. The van der Waals surface area contributed by atoms with Crippen LogP contribution in [0.15, 0.2) is 59.5 Å². The topological polar surface area (TPSA) is 76.1 Å². The zero-order chi connectivity index (χ0) is 25.4. The Hall–Kier alpha value is -3.07. The molecule has 2 aliphatic rings. The third kappa shape index (κ3) is 4.45. The normalized spacial score (nSPS) is 15.7. The van der Waals surface area contributed by atoms with Gasteiger partial charge in [0, 0.05) is 31.7 Å². The van der Waals surface area contributed by atoms with E-state index in [1.54, 1.807) is 25.2 Å². The van der Waals surface area contributed by atoms with Crippen molar-refractivity contribution in [1.29, 1.82) is 0 Å². The minimum Gasteiger partial charge on any atom is -0.493 e. The zero-order valence-corrected chi connectivity index (χ0v) is 21.7. The number of rotatable bonds is 5. The number of ether oxygens (including phenoxy) is 2. The van der Waals surface area contributed by atoms with Gasteiger partial charge in [0.15, 0.2) is 11.5 Å². The summed E-state index contributed by atoms with van der Waals surface area (Å²) in [5.41, 5.74) is 4.50. The van der Waals surface area contributed by atoms with Gasteiger partial charge in [-0.2, -0.15) is 4.31 Å². The van der Waals surface area contributed by atoms with Crippen LogP contribution >= 0.6 is 11.6 Å². The van der Waals surface area contributed by atoms with Crippen molar-refractivity contribution >= 4 is 27.5 Å². The largest absolute Gasteiger partial charge is 0.493 e. The third-order valence-electron chi connectivity index (χ3n) is 6.90. The molecule has 1 amide bonds. The van der Waals surface area contributed by atoms with E-state index in [0.717, 1.165) is 22.3 Å². The first-order chi connectivity index (χ1) is 17.3. The highest BCUT2D eigenvalue weighted by Gasteiger charge is 2.31. The number of carbonyl (C=O) groups is 1. The maximum absolute atomic E-state index is 13.6. The molecule has 0 aromatic heterocycles. The van der Waals surface area contributed by atoms with E-state index in [4.69, 9.17) is 21.1 Å². The standard InChI is InChI=1S/C27H27ClN2O5S/c1-34-24-13-19-9-11-29(16-22(19)14-25(24)35-2)27(31)20-7-8-23(28)26(15-20)36(32,33)30-12-10-18-5-3-4-6-21(18)17-30/h3-8,13-15H,9-12,16-17H2,1-2H3. The van der Waals surface area contributed by atoms with Crippen molar-refractivity contribution in [2.24, 2.45) is 0 Å². The first kappa shape index (κ1) is 24.6. The molecule has 2 aliphatic heterocycles. The van der Waals surface area contributed by atoms with Gasteiger partial charge in [-0.1, -0.05) is 35.9 Å². The molecule has 188 valence electrons. The van der Waals surface area contributed by atoms with Crippen LogP contribution in [0.3, 0.4) is 0 Å². The number of amides is 1. The van der Waals surface area contributed by atoms with E-state index in [1.165, 1.54) is 16.4 Å². The number of fused-ring (bicyclic) bond motifs is 2. The van der Waals surface area contributed by atoms with Gasteiger partial charge in [-0.3, -0.25) is 4.79 Å². The fraction of sp³-hybridized carbons (Fsp3) is 0.296. The van der Waals surface area contributed by atoms with Crippen molar-refractivity contribution in [1.82, 2.24) is 9.21 Å². The van der Waals surface area contributed by atoms with Gasteiger partial charge < -0.3 is 14.4 Å². The van der Waals surface area contributed by atoms with E-state index >= 15 is 0 Å². The molecule has 9 heteroatoms. The van der Waals surface area contributed by atoms with Gasteiger partial charge in [-0.05, 0) is 65.4 Å². The second-order valence-electron chi connectivity index (χ2n) is 8.96. The number of hydrogen-bond acceptors (Lipinski definition) is 5. The highest BCUT2D eigenvalue weighted by Crippen LogP contribution is 2.34. The number of carbonyl (C=O) groups excluding carboxylic acids is 1. The van der Waals surface area contributed by atoms with Gasteiger partial charge in [0.25, 0.3) is 5.91 Å². The summed E-state index contributed by atoms with van der Waals surface area (Å²) in [7, 11) is -0.716. The van der Waals surface area contributed by atoms with Gasteiger partial charge in [-0.25, -0.2) is 8.42 Å². The van der Waals surface area contributed by atoms with Crippen LogP contribution in [0.4, 0.5) is 0 Å². The summed E-state index contributed by atoms with van der Waals surface area (Å²) in [5.74, 6) is 1.02. The minimum absolute atomic E-state index is 0.0433. The Labute approximate surface area is 216 Å². The van der Waals surface area contributed by atoms with Crippen LogP contribution in [0.2, 0.25) is 5.02 Å². The average molecular weight is 527 g/mol. The average Bonchev–Trinajstić information content (AvgIpc) is 2.91. The Morgan fingerprint density at radius 1 is 0.833 bits per heavy atom. The summed E-state index contributed by atoms with van der Waals surface area (Å²) in [6.45, 7) is 1.54. The van der Waals surface area contributed by atoms with Crippen LogP contribution in [0.25, 0.3) is 0 Å². The summed E-state index contributed by atoms with van der Waals surface area (Å²) in [6.07, 6.45) is 1.29. The monoisotopic (exact) mass is 526 g/mol. The maximum Gasteiger partial charge on any atom is 0.254 e. The molecule has 0 fully saturated rings. The summed E-state index contributed by atoms with van der Waals surface area (Å²) < 4.78 is 39.3. The Morgan fingerprint density at radius 3 is 2.22 bits per heavy atom. The number of halogens is 1. The number of benzene rings is 3. The number of sulfonamides is 1. The van der Waals surface area contributed by atoms with E-state index in [1.807, 2.05) is 36.4 Å². The summed E-state index contributed by atoms with van der Waals surface area (Å²) in [6, 6.07) is 16.1. The molecule has 7 nitrogen and oxygen atoms in total. The van der Waals surface area contributed by atoms with E-state index in [0.29, 0.717) is 49.5 Å². The smallest absolute Gasteiger partial charge is 0.254 e. The van der Waals surface area contributed by atoms with E-state index in [-0.39, 0.29) is 22.4 Å². The molecule has 0 saturated carbocycles. The van der Waals surface area contributed by atoms with Crippen LogP contribution in [-0.4, -0.2) is 50.8 Å². The maximum atomic E-state index is 13.6. The Kier molecular flexibility index (Phi) is 6.68. The van der Waals surface area contributed by atoms with Gasteiger partial charge in [0.2, 0.25) is 10.0 Å². The Bertz CT molecular complexity index is 1440. The molecule has 0 bridgehead atoms. The van der Waals surface area contributed by atoms with Crippen molar-refractivity contribution in [3.63, 3.8) is 0 Å². The first-order valence-electron chi connectivity index (χ1n) is 11.7. The summed E-state index contributed by atoms with van der Waals surface area (Å²) in [4.78, 5) is 15.1. The van der Waals surface area contributed by atoms with Gasteiger partial charge in [0.05, 0.1) is 19.2 Å². The van der Waals surface area contributed by atoms with Crippen LogP contribution in [0, 0.1) is 0 Å². The Balaban J connectivity index is 1.40. The SMILES string of the molecule is COc1cc2c(cc1OC)CN(C(=O)c1ccc(Cl)c(S(=O)(=O)N3CCc4ccccc4C3)c1)CC2. The molecule has 0 atom stereocenters. The summed E-state index contributed by atoms with van der Waals surface area (Å²) in [5, 5.41) is 0.103. The van der Waals surface area contributed by atoms with Crippen molar-refractivity contribution in [3.8, 4) is 11.5 Å². The van der Waals surface area contributed by atoms with E-state index < -0.39 is 10.0 Å². The summed E-state index contributed by atoms with van der Waals surface area (Å²) >= 11 is 6.36. The molecule has 0 N–H and O–H groups in total. The van der Waals surface area contributed by atoms with Crippen molar-refractivity contribution in [2.45, 2.75) is 30.8 Å². The Morgan fingerprint density at radius 2 is 1.50 bits per heavy atom. The predicted octanol–water partition coefficient (Wildman–Crippen LogP) is 4.30. The quantitative estimate of drug-likeness (QED) is 0.495. The molecule has 2 heterocycles. The number of methoxy groups -OCH3 is 2. The lowest BCUT2D eigenvalue weighted by Gasteiger charge is -2.30. The van der Waals surface area contributed by atoms with E-state index in [2.05, 4.69) is 0 Å². The lowest BCUT2D eigenvalue weighted by atomic mass is 9.98. The van der Waals surface area contributed by atoms with Gasteiger partial charge >= 0.3 is 0 Å². The molecule has 0 saturated heterocycles. The molecule has 3 aromatic carbocycles. The van der Waals surface area contributed by atoms with Gasteiger partial charge in [-0.15, -0.1) is 0 Å². The molecule has 3 aromatic rings. The highest BCUT2D eigenvalue weighted by atomic mass is 35.5. The lowest BCUT2D eigenvalue weighted by molar-refractivity contribution is 0.0734. The molecule has 5 rings (SSSR count). The molecule has 0 spiro atoms. The molecule has 36 heavy (non-hydrogen) atoms. The highest BCUT2D eigenvalue weighted by molar-refractivity contribution is 7.89. The molecule has 0 aliphatic carbocycles. The van der Waals surface area contributed by atoms with E-state index in [9.17, 15) is 13.2 Å². The first-order valence-corrected chi connectivity index (χ1v) is 13.5.